The van der Waals surface area contributed by atoms with Crippen LogP contribution in [-0.4, -0.2) is 42.2 Å². The minimum Gasteiger partial charge on any atom is -0.504 e. The van der Waals surface area contributed by atoms with Crippen LogP contribution in [0.25, 0.3) is 0 Å². The molecule has 0 atom stereocenters. The highest BCUT2D eigenvalue weighted by Gasteiger charge is 2.17. The van der Waals surface area contributed by atoms with E-state index in [1.54, 1.807) is 26.2 Å². The molecule has 1 N–H and O–H groups in total. The number of thioether (sulfide) groups is 1. The van der Waals surface area contributed by atoms with Crippen LogP contribution in [0.4, 0.5) is 4.79 Å². The number of phenolic OH excluding ortho intramolecular Hbond substituents is 1. The second-order valence-corrected chi connectivity index (χ2v) is 5.37. The molecule has 1 aromatic carbocycles. The Bertz CT molecular complexity index is 488. The molecule has 0 spiro atoms. The normalized spacial score (nSPS) is 10.2. The summed E-state index contributed by atoms with van der Waals surface area (Å²) in [5.74, 6) is 0.271. The number of phenols is 1. The summed E-state index contributed by atoms with van der Waals surface area (Å²) in [6.45, 7) is 1.88. The molecule has 110 valence electrons. The largest absolute Gasteiger partial charge is 0.504 e. The quantitative estimate of drug-likeness (QED) is 0.646. The third kappa shape index (κ3) is 4.16. The zero-order valence-corrected chi connectivity index (χ0v) is 12.7. The average Bonchev–Trinajstić information content (AvgIpc) is 2.41. The molecule has 0 heterocycles. The first-order valence-electron chi connectivity index (χ1n) is 6.31. The molecule has 0 aliphatic rings. The van der Waals surface area contributed by atoms with E-state index in [2.05, 4.69) is 0 Å². The summed E-state index contributed by atoms with van der Waals surface area (Å²) < 4.78 is 5.16. The smallest absolute Gasteiger partial charge is 0.285 e. The van der Waals surface area contributed by atoms with Crippen molar-refractivity contribution in [3.8, 4) is 11.5 Å². The lowest BCUT2D eigenvalue weighted by atomic mass is 10.1. The number of hydrogen-bond donors (Lipinski definition) is 1. The topological polar surface area (TPSA) is 66.8 Å². The monoisotopic (exact) mass is 297 g/mol. The Morgan fingerprint density at radius 1 is 1.45 bits per heavy atom. The van der Waals surface area contributed by atoms with Crippen molar-refractivity contribution in [1.82, 2.24) is 4.90 Å². The number of amides is 1. The Morgan fingerprint density at radius 2 is 2.15 bits per heavy atom. The first-order chi connectivity index (χ1) is 9.51. The Hall–Kier alpha value is -1.69. The number of ether oxygens (including phenoxy) is 1. The molecule has 0 aliphatic heterocycles. The summed E-state index contributed by atoms with van der Waals surface area (Å²) in [5.41, 5.74) is 0.677. The Labute approximate surface area is 122 Å². The Balaban J connectivity index is 3.08. The first-order valence-corrected chi connectivity index (χ1v) is 7.13. The van der Waals surface area contributed by atoms with Gasteiger partial charge in [0.1, 0.15) is 6.61 Å². The maximum atomic E-state index is 11.8. The maximum Gasteiger partial charge on any atom is 0.285 e. The highest BCUT2D eigenvalue weighted by atomic mass is 32.2. The molecule has 1 aromatic rings. The molecule has 0 bridgehead atoms. The molecular formula is C14H19NO4S. The fraction of sp³-hybridized carbons (Fsp3) is 0.429. The van der Waals surface area contributed by atoms with E-state index in [0.717, 1.165) is 18.2 Å². The van der Waals surface area contributed by atoms with Gasteiger partial charge in [-0.1, -0.05) is 13.3 Å². The van der Waals surface area contributed by atoms with Crippen molar-refractivity contribution in [3.05, 3.63) is 17.7 Å². The van der Waals surface area contributed by atoms with Gasteiger partial charge in [-0.05, 0) is 30.3 Å². The SMILES string of the molecule is CCCc1c(SC(=O)N(C)C)ccc(OCC=O)c1O. The second-order valence-electron chi connectivity index (χ2n) is 4.38. The molecular weight excluding hydrogens is 278 g/mol. The van der Waals surface area contributed by atoms with E-state index in [4.69, 9.17) is 4.74 Å². The summed E-state index contributed by atoms with van der Waals surface area (Å²) >= 11 is 1.07. The fourth-order valence-corrected chi connectivity index (χ4v) is 2.44. The molecule has 1 amide bonds. The molecule has 0 saturated carbocycles. The van der Waals surface area contributed by atoms with Gasteiger partial charge in [0.2, 0.25) is 0 Å². The van der Waals surface area contributed by atoms with Crippen LogP contribution in [0.2, 0.25) is 0 Å². The van der Waals surface area contributed by atoms with Gasteiger partial charge >= 0.3 is 0 Å². The van der Waals surface area contributed by atoms with Crippen LogP contribution in [0.15, 0.2) is 17.0 Å². The van der Waals surface area contributed by atoms with Crippen LogP contribution in [0, 0.1) is 0 Å². The predicted molar refractivity (Wildman–Crippen MR) is 78.6 cm³/mol. The van der Waals surface area contributed by atoms with E-state index >= 15 is 0 Å². The molecule has 6 heteroatoms. The van der Waals surface area contributed by atoms with E-state index in [1.807, 2.05) is 6.92 Å². The van der Waals surface area contributed by atoms with Crippen LogP contribution in [-0.2, 0) is 11.2 Å². The second kappa shape index (κ2) is 7.79. The van der Waals surface area contributed by atoms with Crippen molar-refractivity contribution in [2.45, 2.75) is 24.7 Å². The minimum atomic E-state index is -0.109. The molecule has 0 aliphatic carbocycles. The number of aromatic hydroxyl groups is 1. The van der Waals surface area contributed by atoms with Gasteiger partial charge in [-0.3, -0.25) is 9.59 Å². The molecule has 0 aromatic heterocycles. The molecule has 0 fully saturated rings. The number of rotatable bonds is 6. The highest BCUT2D eigenvalue weighted by molar-refractivity contribution is 8.13. The lowest BCUT2D eigenvalue weighted by molar-refractivity contribution is -0.109. The van der Waals surface area contributed by atoms with Gasteiger partial charge < -0.3 is 14.7 Å². The van der Waals surface area contributed by atoms with Crippen molar-refractivity contribution in [2.24, 2.45) is 0 Å². The Morgan fingerprint density at radius 3 is 2.70 bits per heavy atom. The number of carbonyl (C=O) groups is 2. The summed E-state index contributed by atoms with van der Waals surface area (Å²) in [5, 5.41) is 10.1. The van der Waals surface area contributed by atoms with E-state index in [-0.39, 0.29) is 23.3 Å². The van der Waals surface area contributed by atoms with Crippen LogP contribution in [0.3, 0.4) is 0 Å². The van der Waals surface area contributed by atoms with Crippen molar-refractivity contribution in [2.75, 3.05) is 20.7 Å². The third-order valence-electron chi connectivity index (χ3n) is 2.57. The standard InChI is InChI=1S/C14H19NO4S/c1-4-5-10-12(20-14(18)15(2)3)7-6-11(13(10)17)19-9-8-16/h6-8,17H,4-5,9H2,1-3H3. The summed E-state index contributed by atoms with van der Waals surface area (Å²) in [6, 6.07) is 3.31. The van der Waals surface area contributed by atoms with E-state index < -0.39 is 0 Å². The van der Waals surface area contributed by atoms with Crippen molar-refractivity contribution >= 4 is 23.3 Å². The predicted octanol–water partition coefficient (Wildman–Crippen LogP) is 2.70. The van der Waals surface area contributed by atoms with Crippen molar-refractivity contribution in [3.63, 3.8) is 0 Å². The number of aldehydes is 1. The van der Waals surface area contributed by atoms with Crippen molar-refractivity contribution in [1.29, 1.82) is 0 Å². The average molecular weight is 297 g/mol. The van der Waals surface area contributed by atoms with E-state index in [9.17, 15) is 14.7 Å². The molecule has 5 nitrogen and oxygen atoms in total. The molecule has 0 unspecified atom stereocenters. The lowest BCUT2D eigenvalue weighted by Crippen LogP contribution is -2.16. The summed E-state index contributed by atoms with van der Waals surface area (Å²) in [6.07, 6.45) is 2.08. The number of carbonyl (C=O) groups excluding carboxylic acids is 2. The molecule has 0 radical (unpaired) electrons. The highest BCUT2D eigenvalue weighted by Crippen LogP contribution is 2.38. The summed E-state index contributed by atoms with van der Waals surface area (Å²) in [7, 11) is 3.35. The lowest BCUT2D eigenvalue weighted by Gasteiger charge is -2.15. The molecule has 0 saturated heterocycles. The van der Waals surface area contributed by atoms with Gasteiger partial charge in [0.05, 0.1) is 0 Å². The maximum absolute atomic E-state index is 11.8. The number of benzene rings is 1. The third-order valence-corrected chi connectivity index (χ3v) is 3.71. The van der Waals surface area contributed by atoms with Gasteiger partial charge in [-0.2, -0.15) is 0 Å². The summed E-state index contributed by atoms with van der Waals surface area (Å²) in [4.78, 5) is 24.3. The Kier molecular flexibility index (Phi) is 6.38. The minimum absolute atomic E-state index is 0.00487. The van der Waals surface area contributed by atoms with Gasteiger partial charge in [0.15, 0.2) is 17.8 Å². The van der Waals surface area contributed by atoms with Crippen LogP contribution in [0.1, 0.15) is 18.9 Å². The van der Waals surface area contributed by atoms with E-state index in [0.29, 0.717) is 23.2 Å². The van der Waals surface area contributed by atoms with Crippen LogP contribution < -0.4 is 4.74 Å². The molecule has 1 rings (SSSR count). The van der Waals surface area contributed by atoms with Crippen LogP contribution >= 0.6 is 11.8 Å². The van der Waals surface area contributed by atoms with Gasteiger partial charge in [0, 0.05) is 24.6 Å². The van der Waals surface area contributed by atoms with Crippen molar-refractivity contribution < 1.29 is 19.4 Å². The van der Waals surface area contributed by atoms with Gasteiger partial charge in [0.25, 0.3) is 5.24 Å². The van der Waals surface area contributed by atoms with Gasteiger partial charge in [-0.15, -0.1) is 0 Å². The first kappa shape index (κ1) is 16.4. The zero-order valence-electron chi connectivity index (χ0n) is 11.9. The van der Waals surface area contributed by atoms with Crippen LogP contribution in [0.5, 0.6) is 11.5 Å². The number of hydrogen-bond acceptors (Lipinski definition) is 5. The van der Waals surface area contributed by atoms with Gasteiger partial charge in [-0.25, -0.2) is 0 Å². The zero-order chi connectivity index (χ0) is 15.1. The number of nitrogens with zero attached hydrogens (tertiary/aromatic N) is 1. The van der Waals surface area contributed by atoms with E-state index in [1.165, 1.54) is 4.90 Å². The fourth-order valence-electron chi connectivity index (χ4n) is 1.61. The molecule has 20 heavy (non-hydrogen) atoms.